The number of nitro groups is 2. The highest BCUT2D eigenvalue weighted by molar-refractivity contribution is 6.01. The number of non-ortho nitro benzene ring substituents is 1. The maximum absolute atomic E-state index is 13.4. The number of halogens is 1. The van der Waals surface area contributed by atoms with Crippen molar-refractivity contribution >= 4 is 29.0 Å². The van der Waals surface area contributed by atoms with Gasteiger partial charge in [-0.25, -0.2) is 0 Å². The van der Waals surface area contributed by atoms with E-state index in [9.17, 15) is 29.4 Å². The second-order valence-corrected chi connectivity index (χ2v) is 4.59. The molecule has 1 amide bonds. The molecule has 0 heterocycles. The number of benzene rings is 2. The van der Waals surface area contributed by atoms with Crippen molar-refractivity contribution in [1.29, 1.82) is 0 Å². The van der Waals surface area contributed by atoms with Crippen LogP contribution in [0.4, 0.5) is 21.5 Å². The number of anilines is 1. The van der Waals surface area contributed by atoms with E-state index >= 15 is 0 Å². The molecule has 0 aliphatic rings. The molecule has 0 aliphatic heterocycles. The fourth-order valence-electron chi connectivity index (χ4n) is 1.80. The van der Waals surface area contributed by atoms with Crippen molar-refractivity contribution in [2.45, 2.75) is 0 Å². The zero-order valence-electron chi connectivity index (χ0n) is 12.0. The smallest absolute Gasteiger partial charge is 0.304 e. The van der Waals surface area contributed by atoms with E-state index in [2.05, 4.69) is 5.32 Å². The van der Waals surface area contributed by atoms with Crippen LogP contribution in [0.2, 0.25) is 0 Å². The van der Waals surface area contributed by atoms with Gasteiger partial charge in [-0.15, -0.1) is 0 Å². The van der Waals surface area contributed by atoms with Gasteiger partial charge in [0.2, 0.25) is 11.7 Å². The summed E-state index contributed by atoms with van der Waals surface area (Å²) in [4.78, 5) is 31.4. The Labute approximate surface area is 134 Å². The predicted octanol–water partition coefficient (Wildman–Crippen LogP) is 3.29. The fraction of sp³-hybridized carbons (Fsp3) is 0. The van der Waals surface area contributed by atoms with Crippen LogP contribution in [0.25, 0.3) is 6.08 Å². The van der Waals surface area contributed by atoms with Crippen LogP contribution in [0.5, 0.6) is 0 Å². The van der Waals surface area contributed by atoms with Gasteiger partial charge in [-0.1, -0.05) is 0 Å². The van der Waals surface area contributed by atoms with Crippen molar-refractivity contribution in [3.05, 3.63) is 80.1 Å². The highest BCUT2D eigenvalue weighted by atomic mass is 19.1. The van der Waals surface area contributed by atoms with E-state index in [-0.39, 0.29) is 11.4 Å². The molecule has 0 aromatic heterocycles. The Morgan fingerprint density at radius 2 is 1.71 bits per heavy atom. The molecule has 2 aromatic carbocycles. The maximum Gasteiger partial charge on any atom is 0.304 e. The molecule has 24 heavy (non-hydrogen) atoms. The van der Waals surface area contributed by atoms with Crippen LogP contribution in [0.3, 0.4) is 0 Å². The zero-order valence-corrected chi connectivity index (χ0v) is 12.0. The van der Waals surface area contributed by atoms with Gasteiger partial charge in [0.05, 0.1) is 9.85 Å². The Kier molecular flexibility index (Phi) is 4.95. The average molecular weight is 331 g/mol. The fourth-order valence-corrected chi connectivity index (χ4v) is 1.80. The number of amides is 1. The third-order valence-corrected chi connectivity index (χ3v) is 2.94. The number of hydrogen-bond acceptors (Lipinski definition) is 5. The lowest BCUT2D eigenvalue weighted by atomic mass is 10.2. The lowest BCUT2D eigenvalue weighted by Crippen LogP contribution is -2.08. The highest BCUT2D eigenvalue weighted by Crippen LogP contribution is 2.20. The van der Waals surface area contributed by atoms with E-state index in [0.717, 1.165) is 18.2 Å². The minimum Gasteiger partial charge on any atom is -0.322 e. The van der Waals surface area contributed by atoms with E-state index in [1.165, 1.54) is 36.4 Å². The van der Waals surface area contributed by atoms with E-state index in [1.807, 2.05) is 0 Å². The summed E-state index contributed by atoms with van der Waals surface area (Å²) in [6.07, 6.45) is 2.57. The molecule has 2 rings (SSSR count). The number of carbonyl (C=O) groups is 1. The van der Waals surface area contributed by atoms with Crippen LogP contribution in [-0.4, -0.2) is 15.8 Å². The van der Waals surface area contributed by atoms with Gasteiger partial charge < -0.3 is 5.32 Å². The Morgan fingerprint density at radius 1 is 1.04 bits per heavy atom. The first-order chi connectivity index (χ1) is 11.4. The van der Waals surface area contributed by atoms with Gasteiger partial charge in [0, 0.05) is 36.0 Å². The van der Waals surface area contributed by atoms with Gasteiger partial charge in [0.15, 0.2) is 0 Å². The third-order valence-electron chi connectivity index (χ3n) is 2.94. The quantitative estimate of drug-likeness (QED) is 0.513. The molecule has 9 heteroatoms. The summed E-state index contributed by atoms with van der Waals surface area (Å²) >= 11 is 0. The number of nitro benzene ring substituents is 2. The molecule has 0 radical (unpaired) electrons. The van der Waals surface area contributed by atoms with Gasteiger partial charge in [-0.05, 0) is 29.8 Å². The van der Waals surface area contributed by atoms with Crippen LogP contribution >= 0.6 is 0 Å². The molecule has 0 bridgehead atoms. The average Bonchev–Trinajstić information content (AvgIpc) is 2.53. The van der Waals surface area contributed by atoms with Crippen molar-refractivity contribution in [1.82, 2.24) is 0 Å². The van der Waals surface area contributed by atoms with E-state index in [4.69, 9.17) is 0 Å². The Morgan fingerprint density at radius 3 is 2.25 bits per heavy atom. The molecule has 2 aromatic rings. The molecule has 0 saturated carbocycles. The standard InChI is InChI=1S/C15H10FN3O5/c16-13-9-11(4-7-14(13)19(23)24)17-15(20)8-3-10-1-5-12(6-2-10)18(21)22/h1-9H,(H,17,20)/b8-3+. The molecule has 0 unspecified atom stereocenters. The Bertz CT molecular complexity index is 834. The first-order valence-corrected chi connectivity index (χ1v) is 6.54. The molecule has 122 valence electrons. The summed E-state index contributed by atoms with van der Waals surface area (Å²) in [7, 11) is 0. The predicted molar refractivity (Wildman–Crippen MR) is 83.8 cm³/mol. The second kappa shape index (κ2) is 7.09. The lowest BCUT2D eigenvalue weighted by Gasteiger charge is -2.02. The van der Waals surface area contributed by atoms with Crippen molar-refractivity contribution in [3.8, 4) is 0 Å². The number of carbonyl (C=O) groups excluding carboxylic acids is 1. The summed E-state index contributed by atoms with van der Waals surface area (Å²) in [5.74, 6) is -1.64. The van der Waals surface area contributed by atoms with Crippen molar-refractivity contribution in [2.24, 2.45) is 0 Å². The van der Waals surface area contributed by atoms with E-state index < -0.39 is 27.3 Å². The van der Waals surface area contributed by atoms with Crippen LogP contribution in [0.1, 0.15) is 5.56 Å². The van der Waals surface area contributed by atoms with Crippen LogP contribution in [-0.2, 0) is 4.79 Å². The SMILES string of the molecule is O=C(/C=C/c1ccc([N+](=O)[O-])cc1)Nc1ccc([N+](=O)[O-])c(F)c1. The summed E-state index contributed by atoms with van der Waals surface area (Å²) in [5, 5.41) is 23.4. The lowest BCUT2D eigenvalue weighted by molar-refractivity contribution is -0.387. The topological polar surface area (TPSA) is 115 Å². The van der Waals surface area contributed by atoms with Crippen LogP contribution in [0, 0.1) is 26.0 Å². The second-order valence-electron chi connectivity index (χ2n) is 4.59. The first-order valence-electron chi connectivity index (χ1n) is 6.54. The normalized spacial score (nSPS) is 10.5. The van der Waals surface area contributed by atoms with Gasteiger partial charge in [-0.3, -0.25) is 25.0 Å². The summed E-state index contributed by atoms with van der Waals surface area (Å²) in [5.41, 5.74) is -0.130. The van der Waals surface area contributed by atoms with Crippen LogP contribution < -0.4 is 5.32 Å². The third kappa shape index (κ3) is 4.19. The maximum atomic E-state index is 13.4. The Hall–Kier alpha value is -3.62. The summed E-state index contributed by atoms with van der Waals surface area (Å²) < 4.78 is 13.4. The monoisotopic (exact) mass is 331 g/mol. The zero-order chi connectivity index (χ0) is 17.7. The number of nitrogens with one attached hydrogen (secondary N) is 1. The van der Waals surface area contributed by atoms with Gasteiger partial charge in [0.1, 0.15) is 0 Å². The van der Waals surface area contributed by atoms with Gasteiger partial charge in [0.25, 0.3) is 5.69 Å². The highest BCUT2D eigenvalue weighted by Gasteiger charge is 2.14. The van der Waals surface area contributed by atoms with Crippen molar-refractivity contribution in [2.75, 3.05) is 5.32 Å². The van der Waals surface area contributed by atoms with Gasteiger partial charge >= 0.3 is 5.69 Å². The minimum atomic E-state index is -1.06. The molecular weight excluding hydrogens is 321 g/mol. The number of rotatable bonds is 5. The minimum absolute atomic E-state index is 0.0662. The molecular formula is C15H10FN3O5. The number of nitrogens with zero attached hydrogens (tertiary/aromatic N) is 2. The van der Waals surface area contributed by atoms with Crippen molar-refractivity contribution < 1.29 is 19.0 Å². The molecule has 0 fully saturated rings. The van der Waals surface area contributed by atoms with E-state index in [1.54, 1.807) is 0 Å². The number of hydrogen-bond donors (Lipinski definition) is 1. The molecule has 0 saturated heterocycles. The van der Waals surface area contributed by atoms with Gasteiger partial charge in [-0.2, -0.15) is 4.39 Å². The molecule has 8 nitrogen and oxygen atoms in total. The largest absolute Gasteiger partial charge is 0.322 e. The molecule has 0 aliphatic carbocycles. The van der Waals surface area contributed by atoms with E-state index in [0.29, 0.717) is 5.56 Å². The summed E-state index contributed by atoms with van der Waals surface area (Å²) in [6, 6.07) is 8.52. The first kappa shape index (κ1) is 16.7. The van der Waals surface area contributed by atoms with Crippen molar-refractivity contribution in [3.63, 3.8) is 0 Å². The molecule has 0 atom stereocenters. The Balaban J connectivity index is 2.03. The van der Waals surface area contributed by atoms with Crippen LogP contribution in [0.15, 0.2) is 48.5 Å². The molecule has 0 spiro atoms. The molecule has 1 N–H and O–H groups in total. The summed E-state index contributed by atoms with van der Waals surface area (Å²) in [6.45, 7) is 0.